The number of nitrogens with zero attached hydrogens (tertiary/aromatic N) is 1. The molecule has 136 valence electrons. The molecule has 1 N–H and O–H groups in total. The molecule has 0 unspecified atom stereocenters. The van der Waals surface area contributed by atoms with Crippen molar-refractivity contribution in [3.05, 3.63) is 24.3 Å². The molecule has 2 amide bonds. The van der Waals surface area contributed by atoms with Gasteiger partial charge in [-0.15, -0.1) is 0 Å². The lowest BCUT2D eigenvalue weighted by Crippen LogP contribution is -2.40. The van der Waals surface area contributed by atoms with Crippen LogP contribution in [0.1, 0.15) is 38.5 Å². The van der Waals surface area contributed by atoms with E-state index in [9.17, 15) is 9.59 Å². The van der Waals surface area contributed by atoms with Crippen LogP contribution in [0.3, 0.4) is 0 Å². The van der Waals surface area contributed by atoms with Crippen molar-refractivity contribution >= 4 is 17.5 Å². The molecule has 6 heteroatoms. The summed E-state index contributed by atoms with van der Waals surface area (Å²) in [6, 6.07) is 7.50. The van der Waals surface area contributed by atoms with Gasteiger partial charge in [-0.2, -0.15) is 0 Å². The molecule has 0 atom stereocenters. The third-order valence-corrected chi connectivity index (χ3v) is 4.69. The number of anilines is 1. The minimum atomic E-state index is -0.163. The van der Waals surface area contributed by atoms with Crippen molar-refractivity contribution in [3.8, 4) is 5.75 Å². The summed E-state index contributed by atoms with van der Waals surface area (Å²) in [6.45, 7) is 2.37. The monoisotopic (exact) mass is 346 g/mol. The van der Waals surface area contributed by atoms with Crippen LogP contribution in [0, 0.1) is 0 Å². The van der Waals surface area contributed by atoms with E-state index < -0.39 is 0 Å². The summed E-state index contributed by atoms with van der Waals surface area (Å²) in [4.78, 5) is 26.1. The van der Waals surface area contributed by atoms with Crippen molar-refractivity contribution < 1.29 is 19.1 Å². The van der Waals surface area contributed by atoms with Crippen LogP contribution in [0.15, 0.2) is 24.3 Å². The van der Waals surface area contributed by atoms with Gasteiger partial charge in [0.2, 0.25) is 11.8 Å². The van der Waals surface area contributed by atoms with E-state index in [4.69, 9.17) is 9.47 Å². The maximum atomic E-state index is 12.2. The van der Waals surface area contributed by atoms with Crippen molar-refractivity contribution in [2.75, 3.05) is 31.6 Å². The minimum absolute atomic E-state index is 0.00828. The molecular weight excluding hydrogens is 320 g/mol. The summed E-state index contributed by atoms with van der Waals surface area (Å²) in [6.07, 6.45) is 5.16. The minimum Gasteiger partial charge on any atom is -0.488 e. The van der Waals surface area contributed by atoms with Crippen LogP contribution in [-0.2, 0) is 14.3 Å². The van der Waals surface area contributed by atoms with Crippen LogP contribution in [-0.4, -0.2) is 49.1 Å². The average molecular weight is 346 g/mol. The Balaban J connectivity index is 1.49. The first-order valence-electron chi connectivity index (χ1n) is 9.13. The van der Waals surface area contributed by atoms with Crippen LogP contribution in [0.2, 0.25) is 0 Å². The Kier molecular flexibility index (Phi) is 6.28. The number of para-hydroxylation sites is 2. The molecule has 3 rings (SSSR count). The van der Waals surface area contributed by atoms with Crippen molar-refractivity contribution in [1.29, 1.82) is 0 Å². The van der Waals surface area contributed by atoms with Crippen molar-refractivity contribution in [2.24, 2.45) is 0 Å². The van der Waals surface area contributed by atoms with Gasteiger partial charge in [0.1, 0.15) is 5.75 Å². The predicted octanol–water partition coefficient (Wildman–Crippen LogP) is 2.59. The quantitative estimate of drug-likeness (QED) is 0.860. The Morgan fingerprint density at radius 3 is 2.60 bits per heavy atom. The third kappa shape index (κ3) is 5.19. The van der Waals surface area contributed by atoms with E-state index in [-0.39, 0.29) is 30.8 Å². The SMILES string of the molecule is O=C(CCC(=O)N1CCOCC1)Nc1ccccc1OC1CCCC1. The molecule has 1 saturated heterocycles. The average Bonchev–Trinajstić information content (AvgIpc) is 3.15. The second-order valence-corrected chi connectivity index (χ2v) is 6.56. The van der Waals surface area contributed by atoms with Gasteiger partial charge in [-0.05, 0) is 37.8 Å². The highest BCUT2D eigenvalue weighted by molar-refractivity contribution is 5.94. The Morgan fingerprint density at radius 1 is 1.12 bits per heavy atom. The summed E-state index contributed by atoms with van der Waals surface area (Å²) >= 11 is 0. The highest BCUT2D eigenvalue weighted by Gasteiger charge is 2.20. The van der Waals surface area contributed by atoms with Gasteiger partial charge in [0.05, 0.1) is 25.0 Å². The first kappa shape index (κ1) is 17.7. The van der Waals surface area contributed by atoms with E-state index in [1.54, 1.807) is 4.90 Å². The second-order valence-electron chi connectivity index (χ2n) is 6.56. The zero-order valence-corrected chi connectivity index (χ0v) is 14.5. The van der Waals surface area contributed by atoms with Crippen LogP contribution in [0.25, 0.3) is 0 Å². The number of hydrogen-bond donors (Lipinski definition) is 1. The predicted molar refractivity (Wildman–Crippen MR) is 94.6 cm³/mol. The summed E-state index contributed by atoms with van der Waals surface area (Å²) < 4.78 is 11.3. The molecule has 0 bridgehead atoms. The van der Waals surface area contributed by atoms with E-state index >= 15 is 0 Å². The van der Waals surface area contributed by atoms with Crippen LogP contribution in [0.5, 0.6) is 5.75 Å². The number of hydrogen-bond acceptors (Lipinski definition) is 4. The number of amides is 2. The molecule has 0 aromatic heterocycles. The Bertz CT molecular complexity index is 593. The summed E-state index contributed by atoms with van der Waals surface area (Å²) in [5, 5.41) is 2.88. The molecule has 1 aromatic carbocycles. The fourth-order valence-electron chi connectivity index (χ4n) is 3.26. The van der Waals surface area contributed by atoms with Crippen LogP contribution >= 0.6 is 0 Å². The van der Waals surface area contributed by atoms with Crippen LogP contribution < -0.4 is 10.1 Å². The smallest absolute Gasteiger partial charge is 0.224 e. The molecule has 2 aliphatic rings. The summed E-state index contributed by atoms with van der Waals surface area (Å²) in [5.74, 6) is 0.556. The summed E-state index contributed by atoms with van der Waals surface area (Å²) in [7, 11) is 0. The maximum absolute atomic E-state index is 12.2. The van der Waals surface area contributed by atoms with E-state index in [1.165, 1.54) is 12.8 Å². The standard InChI is InChI=1S/C19H26N2O4/c22-18(9-10-19(23)21-11-13-24-14-12-21)20-16-7-3-4-8-17(16)25-15-5-1-2-6-15/h3-4,7-8,15H,1-2,5-6,9-14H2,(H,20,22). The highest BCUT2D eigenvalue weighted by atomic mass is 16.5. The molecule has 1 saturated carbocycles. The number of rotatable bonds is 6. The molecule has 1 heterocycles. The van der Waals surface area contributed by atoms with E-state index in [0.717, 1.165) is 12.8 Å². The number of carbonyl (C=O) groups is 2. The molecular formula is C19H26N2O4. The van der Waals surface area contributed by atoms with Gasteiger partial charge < -0.3 is 19.7 Å². The normalized spacial score (nSPS) is 18.2. The number of nitrogens with one attached hydrogen (secondary N) is 1. The van der Waals surface area contributed by atoms with Gasteiger partial charge in [0.15, 0.2) is 0 Å². The number of benzene rings is 1. The molecule has 2 fully saturated rings. The molecule has 25 heavy (non-hydrogen) atoms. The number of carbonyl (C=O) groups excluding carboxylic acids is 2. The van der Waals surface area contributed by atoms with E-state index in [1.807, 2.05) is 24.3 Å². The Labute approximate surface area is 148 Å². The molecule has 0 radical (unpaired) electrons. The second kappa shape index (κ2) is 8.85. The number of morpholine rings is 1. The fourth-order valence-corrected chi connectivity index (χ4v) is 3.26. The van der Waals surface area contributed by atoms with Gasteiger partial charge >= 0.3 is 0 Å². The fraction of sp³-hybridized carbons (Fsp3) is 0.579. The maximum Gasteiger partial charge on any atom is 0.224 e. The first-order valence-corrected chi connectivity index (χ1v) is 9.13. The Morgan fingerprint density at radius 2 is 1.84 bits per heavy atom. The van der Waals surface area contributed by atoms with Gasteiger partial charge in [0.25, 0.3) is 0 Å². The van der Waals surface area contributed by atoms with Gasteiger partial charge in [-0.1, -0.05) is 12.1 Å². The molecule has 6 nitrogen and oxygen atoms in total. The van der Waals surface area contributed by atoms with E-state index in [0.29, 0.717) is 37.7 Å². The first-order chi connectivity index (χ1) is 12.2. The van der Waals surface area contributed by atoms with E-state index in [2.05, 4.69) is 5.32 Å². The zero-order valence-electron chi connectivity index (χ0n) is 14.5. The molecule has 1 aromatic rings. The summed E-state index contributed by atoms with van der Waals surface area (Å²) in [5.41, 5.74) is 0.679. The topological polar surface area (TPSA) is 67.9 Å². The largest absolute Gasteiger partial charge is 0.488 e. The highest BCUT2D eigenvalue weighted by Crippen LogP contribution is 2.29. The molecule has 1 aliphatic carbocycles. The van der Waals surface area contributed by atoms with Gasteiger partial charge in [-0.25, -0.2) is 0 Å². The van der Waals surface area contributed by atoms with Crippen LogP contribution in [0.4, 0.5) is 5.69 Å². The lowest BCUT2D eigenvalue weighted by atomic mass is 10.2. The lowest BCUT2D eigenvalue weighted by Gasteiger charge is -2.26. The number of ether oxygens (including phenoxy) is 2. The van der Waals surface area contributed by atoms with Crippen molar-refractivity contribution in [1.82, 2.24) is 4.90 Å². The Hall–Kier alpha value is -2.08. The van der Waals surface area contributed by atoms with Gasteiger partial charge in [-0.3, -0.25) is 9.59 Å². The molecule has 0 spiro atoms. The third-order valence-electron chi connectivity index (χ3n) is 4.69. The van der Waals surface area contributed by atoms with Gasteiger partial charge in [0, 0.05) is 25.9 Å². The van der Waals surface area contributed by atoms with Crippen molar-refractivity contribution in [2.45, 2.75) is 44.6 Å². The zero-order chi connectivity index (χ0) is 17.5. The molecule has 1 aliphatic heterocycles. The van der Waals surface area contributed by atoms with Crippen molar-refractivity contribution in [3.63, 3.8) is 0 Å². The lowest BCUT2D eigenvalue weighted by molar-refractivity contribution is -0.136.